The molecule has 0 amide bonds. The molecule has 0 bridgehead atoms. The van der Waals surface area contributed by atoms with Gasteiger partial charge in [-0.2, -0.15) is 0 Å². The third-order valence-electron chi connectivity index (χ3n) is 5.74. The molecular weight excluding hydrogens is 432 g/mol. The molecule has 3 aromatic rings. The Morgan fingerprint density at radius 2 is 1.68 bits per heavy atom. The van der Waals surface area contributed by atoms with Crippen LogP contribution in [0.25, 0.3) is 0 Å². The third-order valence-corrected chi connectivity index (χ3v) is 5.74. The molecule has 7 heteroatoms. The lowest BCUT2D eigenvalue weighted by atomic mass is 10.0. The molecule has 0 aliphatic heterocycles. The first-order chi connectivity index (χ1) is 16.5. The van der Waals surface area contributed by atoms with Crippen molar-refractivity contribution in [3.05, 3.63) is 99.5 Å². The Kier molecular flexibility index (Phi) is 8.76. The number of ether oxygens (including phenoxy) is 2. The van der Waals surface area contributed by atoms with Gasteiger partial charge in [0, 0.05) is 12.7 Å². The fourth-order valence-corrected chi connectivity index (χ4v) is 3.79. The molecule has 0 saturated heterocycles. The summed E-state index contributed by atoms with van der Waals surface area (Å²) in [6, 6.07) is 18.9. The molecule has 0 N–H and O–H groups in total. The second-order valence-electron chi connectivity index (χ2n) is 8.08. The van der Waals surface area contributed by atoms with Gasteiger partial charge < -0.3 is 18.9 Å². The SMILES string of the molecule is CCN(C)CC(Cc1ccccc1)n1cc(C(=O)OC)c(=O)c(OCc2ccccc2)c1C=O. The molecule has 0 aliphatic carbocycles. The number of rotatable bonds is 11. The van der Waals surface area contributed by atoms with E-state index < -0.39 is 11.4 Å². The summed E-state index contributed by atoms with van der Waals surface area (Å²) in [6.07, 6.45) is 2.63. The van der Waals surface area contributed by atoms with Crippen molar-refractivity contribution in [1.29, 1.82) is 0 Å². The maximum absolute atomic E-state index is 13.2. The van der Waals surface area contributed by atoms with Crippen molar-refractivity contribution in [3.63, 3.8) is 0 Å². The molecule has 0 saturated carbocycles. The van der Waals surface area contributed by atoms with Crippen LogP contribution in [0.4, 0.5) is 0 Å². The molecule has 1 unspecified atom stereocenters. The van der Waals surface area contributed by atoms with Crippen LogP contribution in [0.3, 0.4) is 0 Å². The Hall–Kier alpha value is -3.71. The summed E-state index contributed by atoms with van der Waals surface area (Å²) in [7, 11) is 3.20. The van der Waals surface area contributed by atoms with E-state index in [1.54, 1.807) is 4.57 Å². The Labute approximate surface area is 199 Å². The summed E-state index contributed by atoms with van der Waals surface area (Å²) in [4.78, 5) is 40.1. The molecule has 3 rings (SSSR count). The summed E-state index contributed by atoms with van der Waals surface area (Å²) in [5, 5.41) is 0. The predicted octanol–water partition coefficient (Wildman–Crippen LogP) is 3.76. The average molecular weight is 463 g/mol. The van der Waals surface area contributed by atoms with Crippen LogP contribution in [0.1, 0.15) is 44.9 Å². The number of carbonyl (C=O) groups excluding carboxylic acids is 2. The van der Waals surface area contributed by atoms with E-state index in [0.717, 1.165) is 17.7 Å². The summed E-state index contributed by atoms with van der Waals surface area (Å²) in [6.45, 7) is 3.51. The largest absolute Gasteiger partial charge is 0.483 e. The number of likely N-dealkylation sites (N-methyl/N-ethyl adjacent to an activating group) is 1. The van der Waals surface area contributed by atoms with Crippen LogP contribution in [0.2, 0.25) is 0 Å². The highest BCUT2D eigenvalue weighted by molar-refractivity contribution is 5.90. The van der Waals surface area contributed by atoms with Gasteiger partial charge in [-0.3, -0.25) is 9.59 Å². The zero-order chi connectivity index (χ0) is 24.5. The van der Waals surface area contributed by atoms with E-state index in [1.165, 1.54) is 13.3 Å². The number of nitrogens with zero attached hydrogens (tertiary/aromatic N) is 2. The molecule has 0 spiro atoms. The molecule has 0 aliphatic rings. The second-order valence-corrected chi connectivity index (χ2v) is 8.08. The first-order valence-corrected chi connectivity index (χ1v) is 11.2. The molecule has 1 aromatic heterocycles. The number of aromatic nitrogens is 1. The van der Waals surface area contributed by atoms with Crippen LogP contribution in [-0.4, -0.2) is 49.0 Å². The number of hydrogen-bond donors (Lipinski definition) is 0. The Balaban J connectivity index is 2.13. The lowest BCUT2D eigenvalue weighted by Gasteiger charge is -2.28. The van der Waals surface area contributed by atoms with E-state index in [2.05, 4.69) is 4.90 Å². The molecule has 178 valence electrons. The minimum Gasteiger partial charge on any atom is -0.483 e. The molecule has 1 heterocycles. The highest BCUT2D eigenvalue weighted by Crippen LogP contribution is 2.23. The number of benzene rings is 2. The van der Waals surface area contributed by atoms with Crippen LogP contribution in [-0.2, 0) is 17.8 Å². The summed E-state index contributed by atoms with van der Waals surface area (Å²) < 4.78 is 12.4. The number of carbonyl (C=O) groups is 2. The highest BCUT2D eigenvalue weighted by Gasteiger charge is 2.26. The quantitative estimate of drug-likeness (QED) is 0.319. The molecule has 2 aromatic carbocycles. The smallest absolute Gasteiger partial charge is 0.343 e. The fourth-order valence-electron chi connectivity index (χ4n) is 3.79. The van der Waals surface area contributed by atoms with E-state index in [1.807, 2.05) is 74.6 Å². The lowest BCUT2D eigenvalue weighted by molar-refractivity contribution is 0.0596. The first-order valence-electron chi connectivity index (χ1n) is 11.2. The van der Waals surface area contributed by atoms with Gasteiger partial charge in [0.05, 0.1) is 13.2 Å². The van der Waals surface area contributed by atoms with Crippen molar-refractivity contribution in [3.8, 4) is 5.75 Å². The van der Waals surface area contributed by atoms with E-state index in [4.69, 9.17) is 9.47 Å². The number of esters is 1. The van der Waals surface area contributed by atoms with Crippen molar-refractivity contribution >= 4 is 12.3 Å². The molecular formula is C27H30N2O5. The van der Waals surface area contributed by atoms with Crippen molar-refractivity contribution in [2.45, 2.75) is 26.0 Å². The second kappa shape index (κ2) is 12.0. The summed E-state index contributed by atoms with van der Waals surface area (Å²) >= 11 is 0. The summed E-state index contributed by atoms with van der Waals surface area (Å²) in [5.74, 6) is -0.929. The van der Waals surface area contributed by atoms with Gasteiger partial charge in [0.25, 0.3) is 0 Å². The van der Waals surface area contributed by atoms with Gasteiger partial charge in [0.2, 0.25) is 5.43 Å². The molecule has 1 atom stereocenters. The van der Waals surface area contributed by atoms with Crippen molar-refractivity contribution in [1.82, 2.24) is 9.47 Å². The van der Waals surface area contributed by atoms with E-state index in [9.17, 15) is 14.4 Å². The minimum atomic E-state index is -0.775. The van der Waals surface area contributed by atoms with Gasteiger partial charge in [-0.25, -0.2) is 4.79 Å². The van der Waals surface area contributed by atoms with Crippen LogP contribution in [0.15, 0.2) is 71.7 Å². The van der Waals surface area contributed by atoms with Gasteiger partial charge in [-0.1, -0.05) is 67.6 Å². The number of pyridine rings is 1. The highest BCUT2D eigenvalue weighted by atomic mass is 16.5. The van der Waals surface area contributed by atoms with E-state index in [-0.39, 0.29) is 29.7 Å². The molecule has 7 nitrogen and oxygen atoms in total. The Morgan fingerprint density at radius 3 is 2.24 bits per heavy atom. The number of methoxy groups -OCH3 is 1. The summed E-state index contributed by atoms with van der Waals surface area (Å²) in [5.41, 5.74) is 1.16. The molecule has 0 radical (unpaired) electrons. The standard InChI is InChI=1S/C27H30N2O5/c1-4-28(2)16-22(15-20-11-7-5-8-12-20)29-17-23(27(32)33-3)25(31)26(24(29)18-30)34-19-21-13-9-6-10-14-21/h5-14,17-18,22H,4,15-16,19H2,1-3H3. The monoisotopic (exact) mass is 462 g/mol. The Morgan fingerprint density at radius 1 is 1.06 bits per heavy atom. The maximum Gasteiger partial charge on any atom is 0.343 e. The molecule has 34 heavy (non-hydrogen) atoms. The van der Waals surface area contributed by atoms with Gasteiger partial charge in [0.1, 0.15) is 17.9 Å². The van der Waals surface area contributed by atoms with Crippen molar-refractivity contribution < 1.29 is 19.1 Å². The fraction of sp³-hybridized carbons (Fsp3) is 0.296. The maximum atomic E-state index is 13.2. The van der Waals surface area contributed by atoms with Crippen LogP contribution < -0.4 is 10.2 Å². The van der Waals surface area contributed by atoms with Gasteiger partial charge in [-0.05, 0) is 31.1 Å². The normalized spacial score (nSPS) is 11.8. The predicted molar refractivity (Wildman–Crippen MR) is 131 cm³/mol. The topological polar surface area (TPSA) is 77.8 Å². The first kappa shape index (κ1) is 24.9. The van der Waals surface area contributed by atoms with E-state index >= 15 is 0 Å². The van der Waals surface area contributed by atoms with Crippen LogP contribution in [0.5, 0.6) is 5.75 Å². The lowest BCUT2D eigenvalue weighted by Crippen LogP contribution is -2.33. The van der Waals surface area contributed by atoms with Crippen molar-refractivity contribution in [2.24, 2.45) is 0 Å². The third kappa shape index (κ3) is 5.99. The average Bonchev–Trinajstić information content (AvgIpc) is 2.87. The zero-order valence-corrected chi connectivity index (χ0v) is 19.8. The van der Waals surface area contributed by atoms with Gasteiger partial charge >= 0.3 is 5.97 Å². The zero-order valence-electron chi connectivity index (χ0n) is 19.8. The number of hydrogen-bond acceptors (Lipinski definition) is 6. The molecule has 0 fully saturated rings. The Bertz CT molecular complexity index is 1160. The minimum absolute atomic E-state index is 0.0831. The number of aldehydes is 1. The van der Waals surface area contributed by atoms with Gasteiger partial charge in [0.15, 0.2) is 12.0 Å². The van der Waals surface area contributed by atoms with Crippen LogP contribution >= 0.6 is 0 Å². The van der Waals surface area contributed by atoms with Crippen LogP contribution in [0, 0.1) is 0 Å². The van der Waals surface area contributed by atoms with Crippen molar-refractivity contribution in [2.75, 3.05) is 27.2 Å². The van der Waals surface area contributed by atoms with Gasteiger partial charge in [-0.15, -0.1) is 0 Å². The van der Waals surface area contributed by atoms with E-state index in [0.29, 0.717) is 19.3 Å².